The fourth-order valence-electron chi connectivity index (χ4n) is 3.00. The first-order valence-electron chi connectivity index (χ1n) is 8.93. The summed E-state index contributed by atoms with van der Waals surface area (Å²) in [5.41, 5.74) is 0. The number of rotatable bonds is 8. The maximum atomic E-state index is 11.9. The molecule has 0 radical (unpaired) electrons. The molecule has 0 aromatic carbocycles. The smallest absolute Gasteiger partial charge is 0.221 e. The van der Waals surface area contributed by atoms with Crippen LogP contribution in [0, 0.1) is 5.92 Å². The monoisotopic (exact) mass is 350 g/mol. The molecule has 6 heteroatoms. The first kappa shape index (κ1) is 18.8. The molecule has 0 spiro atoms. The van der Waals surface area contributed by atoms with Gasteiger partial charge in [-0.25, -0.2) is 0 Å². The van der Waals surface area contributed by atoms with Crippen molar-refractivity contribution in [2.45, 2.75) is 51.5 Å². The summed E-state index contributed by atoms with van der Waals surface area (Å²) in [5, 5.41) is 11.8. The number of carbonyl (C=O) groups is 1. The highest BCUT2D eigenvalue weighted by Gasteiger charge is 2.16. The lowest BCUT2D eigenvalue weighted by molar-refractivity contribution is -0.121. The molecule has 1 atom stereocenters. The molecule has 3 N–H and O–H groups in total. The molecule has 1 aromatic heterocycles. The van der Waals surface area contributed by atoms with E-state index in [1.807, 2.05) is 0 Å². The lowest BCUT2D eigenvalue weighted by Crippen LogP contribution is -2.41. The average molecular weight is 351 g/mol. The number of hydrogen-bond donors (Lipinski definition) is 3. The molecule has 1 aliphatic carbocycles. The summed E-state index contributed by atoms with van der Waals surface area (Å²) >= 11 is 1.80. The third-order valence-corrected chi connectivity index (χ3v) is 5.23. The molecule has 1 unspecified atom stereocenters. The largest absolute Gasteiger partial charge is 0.356 e. The predicted molar refractivity (Wildman–Crippen MR) is 102 cm³/mol. The van der Waals surface area contributed by atoms with Crippen molar-refractivity contribution in [3.63, 3.8) is 0 Å². The predicted octanol–water partition coefficient (Wildman–Crippen LogP) is 2.54. The lowest BCUT2D eigenvalue weighted by Gasteiger charge is -2.16. The van der Waals surface area contributed by atoms with Crippen LogP contribution in [-0.4, -0.2) is 38.0 Å². The van der Waals surface area contributed by atoms with Gasteiger partial charge in [-0.15, -0.1) is 11.3 Å². The zero-order valence-corrected chi connectivity index (χ0v) is 15.6. The van der Waals surface area contributed by atoms with Crippen LogP contribution in [-0.2, 0) is 11.2 Å². The summed E-state index contributed by atoms with van der Waals surface area (Å²) in [6.07, 6.45) is 6.30. The summed E-state index contributed by atoms with van der Waals surface area (Å²) in [5.74, 6) is 1.44. The molecule has 1 aliphatic rings. The van der Waals surface area contributed by atoms with Crippen molar-refractivity contribution in [2.75, 3.05) is 20.1 Å². The van der Waals surface area contributed by atoms with Crippen molar-refractivity contribution in [3.05, 3.63) is 22.4 Å². The Labute approximate surface area is 149 Å². The fraction of sp³-hybridized carbons (Fsp3) is 0.667. The number of amides is 1. The van der Waals surface area contributed by atoms with Gasteiger partial charge in [0.2, 0.25) is 5.91 Å². The van der Waals surface area contributed by atoms with Gasteiger partial charge in [0.25, 0.3) is 0 Å². The molecule has 1 amide bonds. The Balaban J connectivity index is 1.58. The average Bonchev–Trinajstić information content (AvgIpc) is 3.24. The quantitative estimate of drug-likeness (QED) is 0.499. The third kappa shape index (κ3) is 6.91. The Morgan fingerprint density at radius 2 is 2.17 bits per heavy atom. The summed E-state index contributed by atoms with van der Waals surface area (Å²) in [7, 11) is 1.76. The second-order valence-electron chi connectivity index (χ2n) is 6.57. The van der Waals surface area contributed by atoms with E-state index >= 15 is 0 Å². The van der Waals surface area contributed by atoms with Crippen molar-refractivity contribution < 1.29 is 4.79 Å². The molecule has 2 rings (SSSR count). The number of thiophene rings is 1. The van der Waals surface area contributed by atoms with Gasteiger partial charge >= 0.3 is 0 Å². The number of nitrogens with one attached hydrogen (secondary N) is 3. The van der Waals surface area contributed by atoms with Crippen molar-refractivity contribution in [3.8, 4) is 0 Å². The minimum atomic E-state index is 0.135. The van der Waals surface area contributed by atoms with E-state index in [-0.39, 0.29) is 5.91 Å². The number of aliphatic imine (C=N–C) groups is 1. The second-order valence-corrected chi connectivity index (χ2v) is 7.60. The van der Waals surface area contributed by atoms with Gasteiger partial charge in [-0.05, 0) is 36.6 Å². The Kier molecular flexibility index (Phi) is 8.08. The van der Waals surface area contributed by atoms with Crippen molar-refractivity contribution >= 4 is 23.2 Å². The summed E-state index contributed by atoms with van der Waals surface area (Å²) < 4.78 is 0. The Morgan fingerprint density at radius 1 is 1.38 bits per heavy atom. The molecule has 134 valence electrons. The minimum absolute atomic E-state index is 0.135. The van der Waals surface area contributed by atoms with Crippen LogP contribution in [0.2, 0.25) is 0 Å². The number of nitrogens with zero attached hydrogens (tertiary/aromatic N) is 1. The molecule has 1 saturated carbocycles. The van der Waals surface area contributed by atoms with Crippen LogP contribution < -0.4 is 16.0 Å². The maximum Gasteiger partial charge on any atom is 0.221 e. The van der Waals surface area contributed by atoms with E-state index in [0.29, 0.717) is 24.9 Å². The molecule has 5 nitrogen and oxygen atoms in total. The molecule has 1 aromatic rings. The molecule has 0 aliphatic heterocycles. The van der Waals surface area contributed by atoms with E-state index in [2.05, 4.69) is 45.4 Å². The van der Waals surface area contributed by atoms with Gasteiger partial charge in [0.05, 0.1) is 0 Å². The number of carbonyl (C=O) groups excluding carboxylic acids is 1. The lowest BCUT2D eigenvalue weighted by atomic mass is 10.1. The van der Waals surface area contributed by atoms with Gasteiger partial charge in [-0.2, -0.15) is 0 Å². The molecular weight excluding hydrogens is 320 g/mol. The summed E-state index contributed by atoms with van der Waals surface area (Å²) in [4.78, 5) is 17.5. The van der Waals surface area contributed by atoms with Crippen LogP contribution >= 0.6 is 11.3 Å². The Bertz CT molecular complexity index is 509. The minimum Gasteiger partial charge on any atom is -0.356 e. The zero-order chi connectivity index (χ0) is 17.2. The van der Waals surface area contributed by atoms with Crippen LogP contribution in [0.25, 0.3) is 0 Å². The zero-order valence-electron chi connectivity index (χ0n) is 14.8. The maximum absolute atomic E-state index is 11.9. The van der Waals surface area contributed by atoms with Crippen LogP contribution in [0.15, 0.2) is 22.5 Å². The first-order chi connectivity index (χ1) is 11.7. The summed E-state index contributed by atoms with van der Waals surface area (Å²) in [6.45, 7) is 3.71. The molecular formula is C18H30N4OS. The van der Waals surface area contributed by atoms with Crippen molar-refractivity contribution in [1.82, 2.24) is 16.0 Å². The van der Waals surface area contributed by atoms with E-state index in [0.717, 1.165) is 31.8 Å². The third-order valence-electron chi connectivity index (χ3n) is 4.34. The number of hydrogen-bond acceptors (Lipinski definition) is 3. The highest BCUT2D eigenvalue weighted by Crippen LogP contribution is 2.17. The van der Waals surface area contributed by atoms with Crippen LogP contribution in [0.4, 0.5) is 0 Å². The first-order valence-corrected chi connectivity index (χ1v) is 9.81. The van der Waals surface area contributed by atoms with E-state index in [9.17, 15) is 4.79 Å². The van der Waals surface area contributed by atoms with Gasteiger partial charge in [-0.1, -0.05) is 25.8 Å². The van der Waals surface area contributed by atoms with E-state index in [1.165, 1.54) is 17.7 Å². The van der Waals surface area contributed by atoms with Crippen LogP contribution in [0.5, 0.6) is 0 Å². The van der Waals surface area contributed by atoms with Gasteiger partial charge < -0.3 is 16.0 Å². The highest BCUT2D eigenvalue weighted by molar-refractivity contribution is 7.09. The molecule has 1 fully saturated rings. The fourth-order valence-corrected chi connectivity index (χ4v) is 3.87. The summed E-state index contributed by atoms with van der Waals surface area (Å²) in [6, 6.07) is 4.67. The molecule has 0 saturated heterocycles. The Morgan fingerprint density at radius 3 is 2.83 bits per heavy atom. The highest BCUT2D eigenvalue weighted by atomic mass is 32.1. The van der Waals surface area contributed by atoms with Gasteiger partial charge in [0, 0.05) is 37.5 Å². The second kappa shape index (κ2) is 10.3. The molecule has 24 heavy (non-hydrogen) atoms. The van der Waals surface area contributed by atoms with E-state index in [1.54, 1.807) is 18.4 Å². The molecule has 0 bridgehead atoms. The standard InChI is InChI=1S/C18H30N4OS/c1-14(12-16-8-5-11-24-16)13-21-18(19-2)20-10-9-17(23)22-15-6-3-4-7-15/h5,8,11,14-15H,3-4,6-7,9-10,12-13H2,1-2H3,(H,22,23)(H2,19,20,21). The van der Waals surface area contributed by atoms with Gasteiger partial charge in [0.15, 0.2) is 5.96 Å². The van der Waals surface area contributed by atoms with E-state index in [4.69, 9.17) is 0 Å². The van der Waals surface area contributed by atoms with E-state index < -0.39 is 0 Å². The topological polar surface area (TPSA) is 65.5 Å². The van der Waals surface area contributed by atoms with Crippen molar-refractivity contribution in [1.29, 1.82) is 0 Å². The Hall–Kier alpha value is -1.56. The van der Waals surface area contributed by atoms with Crippen molar-refractivity contribution in [2.24, 2.45) is 10.9 Å². The molecule has 1 heterocycles. The number of guanidine groups is 1. The van der Waals surface area contributed by atoms with Gasteiger partial charge in [-0.3, -0.25) is 9.79 Å². The van der Waals surface area contributed by atoms with Crippen LogP contribution in [0.3, 0.4) is 0 Å². The SMILES string of the molecule is CN=C(NCCC(=O)NC1CCCC1)NCC(C)Cc1cccs1. The van der Waals surface area contributed by atoms with Gasteiger partial charge in [0.1, 0.15) is 0 Å². The van der Waals surface area contributed by atoms with Crippen LogP contribution in [0.1, 0.15) is 43.9 Å². The normalized spacial score (nSPS) is 16.8.